The van der Waals surface area contributed by atoms with Gasteiger partial charge >= 0.3 is 0 Å². The van der Waals surface area contributed by atoms with Gasteiger partial charge in [0, 0.05) is 50.3 Å². The van der Waals surface area contributed by atoms with E-state index < -0.39 is 0 Å². The van der Waals surface area contributed by atoms with Crippen LogP contribution in [0.3, 0.4) is 0 Å². The maximum Gasteiger partial charge on any atom is 0.275 e. The molecule has 164 valence electrons. The van der Waals surface area contributed by atoms with Crippen molar-refractivity contribution in [1.29, 1.82) is 0 Å². The molecule has 1 fully saturated rings. The van der Waals surface area contributed by atoms with Gasteiger partial charge in [0.05, 0.1) is 22.7 Å². The van der Waals surface area contributed by atoms with E-state index in [2.05, 4.69) is 15.0 Å². The largest absolute Gasteiger partial charge is 0.368 e. The van der Waals surface area contributed by atoms with Gasteiger partial charge in [0.1, 0.15) is 0 Å². The molecule has 0 spiro atoms. The maximum absolute atomic E-state index is 13.2. The van der Waals surface area contributed by atoms with E-state index in [0.717, 1.165) is 16.6 Å². The Hall–Kier alpha value is -3.68. The summed E-state index contributed by atoms with van der Waals surface area (Å²) in [6.07, 6.45) is 1.62. The third-order valence-corrected chi connectivity index (χ3v) is 6.22. The van der Waals surface area contributed by atoms with Crippen molar-refractivity contribution in [3.8, 4) is 0 Å². The molecule has 0 unspecified atom stereocenters. The fourth-order valence-corrected chi connectivity index (χ4v) is 4.38. The van der Waals surface area contributed by atoms with E-state index in [4.69, 9.17) is 0 Å². The van der Waals surface area contributed by atoms with Gasteiger partial charge in [-0.15, -0.1) is 0 Å². The molecule has 0 radical (unpaired) electrons. The van der Waals surface area contributed by atoms with Crippen LogP contribution in [0.1, 0.15) is 30.4 Å². The fourth-order valence-electron chi connectivity index (χ4n) is 4.38. The van der Waals surface area contributed by atoms with Crippen molar-refractivity contribution in [1.82, 2.24) is 24.2 Å². The van der Waals surface area contributed by atoms with Crippen LogP contribution < -0.4 is 10.5 Å². The lowest BCUT2D eigenvalue weighted by Crippen LogP contribution is -2.49. The predicted molar refractivity (Wildman–Crippen MR) is 125 cm³/mol. The average molecular weight is 431 g/mol. The average Bonchev–Trinajstić information content (AvgIpc) is 3.15. The summed E-state index contributed by atoms with van der Waals surface area (Å²) in [7, 11) is 1.86. The molecular formula is C24H26N6O2. The number of para-hydroxylation sites is 1. The minimum atomic E-state index is -0.0316. The van der Waals surface area contributed by atoms with E-state index >= 15 is 0 Å². The number of hydrogen-bond acceptors (Lipinski definition) is 5. The van der Waals surface area contributed by atoms with Crippen LogP contribution in [0.15, 0.2) is 53.6 Å². The standard InChI is InChI=1S/C24H26N6O2/c1-16(2)30-15-25-20-14-17(8-9-18(20)23(30)31)28-10-12-29(13-11-28)24(32)22-19-6-4-5-7-21(19)27(3)26-22/h4-9,14-16H,10-13H2,1-3H3. The quantitative estimate of drug-likeness (QED) is 0.500. The SMILES string of the molecule is CC(C)n1cnc2cc(N3CCN(C(=O)c4nn(C)c5ccccc45)CC3)ccc2c1=O. The van der Waals surface area contributed by atoms with Gasteiger partial charge < -0.3 is 9.80 Å². The highest BCUT2D eigenvalue weighted by Crippen LogP contribution is 2.23. The molecular weight excluding hydrogens is 404 g/mol. The third kappa shape index (κ3) is 3.32. The first-order valence-electron chi connectivity index (χ1n) is 10.9. The van der Waals surface area contributed by atoms with Crippen molar-refractivity contribution in [2.75, 3.05) is 31.1 Å². The van der Waals surface area contributed by atoms with Crippen LogP contribution in [-0.2, 0) is 7.05 Å². The number of carbonyl (C=O) groups excluding carboxylic acids is 1. The molecule has 8 nitrogen and oxygen atoms in total. The van der Waals surface area contributed by atoms with Gasteiger partial charge in [-0.25, -0.2) is 4.98 Å². The normalized spacial score (nSPS) is 14.6. The third-order valence-electron chi connectivity index (χ3n) is 6.22. The molecule has 0 aliphatic carbocycles. The number of amides is 1. The Morgan fingerprint density at radius 1 is 1.00 bits per heavy atom. The zero-order valence-electron chi connectivity index (χ0n) is 18.5. The molecule has 1 saturated heterocycles. The van der Waals surface area contributed by atoms with Crippen molar-refractivity contribution in [3.05, 3.63) is 64.8 Å². The highest BCUT2D eigenvalue weighted by atomic mass is 16.2. The highest BCUT2D eigenvalue weighted by molar-refractivity contribution is 6.04. The number of aromatic nitrogens is 4. The summed E-state index contributed by atoms with van der Waals surface area (Å²) >= 11 is 0. The molecule has 1 aliphatic heterocycles. The van der Waals surface area contributed by atoms with Crippen molar-refractivity contribution in [3.63, 3.8) is 0 Å². The van der Waals surface area contributed by atoms with Crippen molar-refractivity contribution < 1.29 is 4.79 Å². The Morgan fingerprint density at radius 2 is 1.75 bits per heavy atom. The Kier molecular flexibility index (Phi) is 4.92. The van der Waals surface area contributed by atoms with Crippen LogP contribution in [0.2, 0.25) is 0 Å². The van der Waals surface area contributed by atoms with Gasteiger partial charge in [-0.3, -0.25) is 18.8 Å². The number of piperazine rings is 1. The summed E-state index contributed by atoms with van der Waals surface area (Å²) in [4.78, 5) is 34.4. The smallest absolute Gasteiger partial charge is 0.275 e. The molecule has 0 N–H and O–H groups in total. The van der Waals surface area contributed by atoms with Crippen LogP contribution in [0.25, 0.3) is 21.8 Å². The first kappa shape index (κ1) is 20.2. The van der Waals surface area contributed by atoms with Crippen LogP contribution >= 0.6 is 0 Å². The molecule has 0 atom stereocenters. The Morgan fingerprint density at radius 3 is 2.50 bits per heavy atom. The second-order valence-corrected chi connectivity index (χ2v) is 8.52. The van der Waals surface area contributed by atoms with Gasteiger partial charge in [0.15, 0.2) is 5.69 Å². The number of fused-ring (bicyclic) bond motifs is 2. The number of hydrogen-bond donors (Lipinski definition) is 0. The predicted octanol–water partition coefficient (Wildman–Crippen LogP) is 2.83. The lowest BCUT2D eigenvalue weighted by atomic mass is 10.1. The number of nitrogens with zero attached hydrogens (tertiary/aromatic N) is 6. The Balaban J connectivity index is 1.34. The van der Waals surface area contributed by atoms with E-state index in [9.17, 15) is 9.59 Å². The summed E-state index contributed by atoms with van der Waals surface area (Å²) in [5.41, 5.74) is 3.15. The molecule has 5 rings (SSSR count). The van der Waals surface area contributed by atoms with Gasteiger partial charge in [0.2, 0.25) is 0 Å². The first-order valence-corrected chi connectivity index (χ1v) is 10.9. The molecule has 0 bridgehead atoms. The van der Waals surface area contributed by atoms with E-state index in [1.807, 2.05) is 68.3 Å². The molecule has 8 heteroatoms. The monoisotopic (exact) mass is 430 g/mol. The molecule has 0 saturated carbocycles. The second kappa shape index (κ2) is 7.78. The highest BCUT2D eigenvalue weighted by Gasteiger charge is 2.26. The number of rotatable bonds is 3. The van der Waals surface area contributed by atoms with Crippen LogP contribution in [0, 0.1) is 0 Å². The molecule has 3 heterocycles. The number of benzene rings is 2. The summed E-state index contributed by atoms with van der Waals surface area (Å²) in [6.45, 7) is 6.60. The molecule has 4 aromatic rings. The van der Waals surface area contributed by atoms with Crippen molar-refractivity contribution in [2.24, 2.45) is 7.05 Å². The van der Waals surface area contributed by atoms with Crippen molar-refractivity contribution in [2.45, 2.75) is 19.9 Å². The number of aryl methyl sites for hydroxylation is 1. The molecule has 2 aromatic carbocycles. The topological polar surface area (TPSA) is 76.3 Å². The molecule has 1 amide bonds. The summed E-state index contributed by atoms with van der Waals surface area (Å²) in [6, 6.07) is 13.7. The molecule has 32 heavy (non-hydrogen) atoms. The van der Waals surface area contributed by atoms with Gasteiger partial charge in [-0.05, 0) is 38.1 Å². The Labute approximate surface area is 185 Å². The van der Waals surface area contributed by atoms with E-state index in [0.29, 0.717) is 42.8 Å². The fraction of sp³-hybridized carbons (Fsp3) is 0.333. The summed E-state index contributed by atoms with van der Waals surface area (Å²) in [5.74, 6) is -0.0316. The minimum absolute atomic E-state index is 0.0189. The van der Waals surface area contributed by atoms with Gasteiger partial charge in [-0.2, -0.15) is 5.10 Å². The van der Waals surface area contributed by atoms with Crippen LogP contribution in [0.5, 0.6) is 0 Å². The van der Waals surface area contributed by atoms with Crippen LogP contribution in [-0.4, -0.2) is 56.3 Å². The lowest BCUT2D eigenvalue weighted by Gasteiger charge is -2.36. The summed E-state index contributed by atoms with van der Waals surface area (Å²) in [5, 5.41) is 5.99. The first-order chi connectivity index (χ1) is 15.4. The van der Waals surface area contributed by atoms with E-state index in [1.165, 1.54) is 0 Å². The summed E-state index contributed by atoms with van der Waals surface area (Å²) < 4.78 is 3.40. The van der Waals surface area contributed by atoms with Crippen LogP contribution in [0.4, 0.5) is 5.69 Å². The minimum Gasteiger partial charge on any atom is -0.368 e. The number of carbonyl (C=O) groups is 1. The number of anilines is 1. The molecule has 2 aromatic heterocycles. The van der Waals surface area contributed by atoms with E-state index in [1.54, 1.807) is 15.6 Å². The van der Waals surface area contributed by atoms with Gasteiger partial charge in [-0.1, -0.05) is 18.2 Å². The second-order valence-electron chi connectivity index (χ2n) is 8.52. The van der Waals surface area contributed by atoms with Gasteiger partial charge in [0.25, 0.3) is 11.5 Å². The zero-order chi connectivity index (χ0) is 22.4. The van der Waals surface area contributed by atoms with E-state index in [-0.39, 0.29) is 17.5 Å². The zero-order valence-corrected chi connectivity index (χ0v) is 18.5. The van der Waals surface area contributed by atoms with Crippen molar-refractivity contribution >= 4 is 33.4 Å². The molecule has 1 aliphatic rings. The maximum atomic E-state index is 13.2. The lowest BCUT2D eigenvalue weighted by molar-refractivity contribution is 0.0742. The Bertz CT molecular complexity index is 1380.